The Labute approximate surface area is 162 Å². The van der Waals surface area contributed by atoms with E-state index in [0.29, 0.717) is 0 Å². The van der Waals surface area contributed by atoms with E-state index in [1.807, 2.05) is 54.6 Å². The second-order valence-electron chi connectivity index (χ2n) is 6.32. The van der Waals surface area contributed by atoms with Gasteiger partial charge in [-0.25, -0.2) is 4.79 Å². The lowest BCUT2D eigenvalue weighted by Gasteiger charge is -2.17. The molecule has 3 N–H and O–H groups in total. The number of aromatic nitrogens is 1. The Morgan fingerprint density at radius 1 is 1.14 bits per heavy atom. The SMILES string of the molecule is COC(=O)[C@H](Cc1ccccc1)NC(=O)C(Cc1c[nH]c2ccccc12)=NO. The van der Waals surface area contributed by atoms with Crippen molar-refractivity contribution in [2.24, 2.45) is 5.16 Å². The first-order chi connectivity index (χ1) is 13.6. The van der Waals surface area contributed by atoms with E-state index in [4.69, 9.17) is 4.74 Å². The van der Waals surface area contributed by atoms with Crippen LogP contribution in [-0.4, -0.2) is 40.9 Å². The predicted octanol–water partition coefficient (Wildman–Crippen LogP) is 2.44. The van der Waals surface area contributed by atoms with Crippen molar-refractivity contribution in [3.8, 4) is 0 Å². The molecule has 0 radical (unpaired) electrons. The molecule has 1 amide bonds. The average Bonchev–Trinajstić information content (AvgIpc) is 3.14. The first kappa shape index (κ1) is 19.2. The highest BCUT2D eigenvalue weighted by atomic mass is 16.5. The van der Waals surface area contributed by atoms with Crippen LogP contribution in [-0.2, 0) is 27.2 Å². The Morgan fingerprint density at radius 3 is 2.57 bits per heavy atom. The summed E-state index contributed by atoms with van der Waals surface area (Å²) in [7, 11) is 1.26. The highest BCUT2D eigenvalue weighted by molar-refractivity contribution is 6.39. The molecule has 1 atom stereocenters. The predicted molar refractivity (Wildman–Crippen MR) is 105 cm³/mol. The number of amides is 1. The molecule has 0 aliphatic rings. The van der Waals surface area contributed by atoms with Gasteiger partial charge in [-0.15, -0.1) is 0 Å². The molecule has 3 rings (SSSR count). The van der Waals surface area contributed by atoms with Crippen molar-refractivity contribution in [2.75, 3.05) is 7.11 Å². The highest BCUT2D eigenvalue weighted by Crippen LogP contribution is 2.18. The highest BCUT2D eigenvalue weighted by Gasteiger charge is 2.25. The van der Waals surface area contributed by atoms with E-state index in [0.717, 1.165) is 22.0 Å². The van der Waals surface area contributed by atoms with Crippen LogP contribution < -0.4 is 5.32 Å². The molecule has 1 aromatic heterocycles. The van der Waals surface area contributed by atoms with Crippen LogP contribution in [0, 0.1) is 0 Å². The number of aromatic amines is 1. The minimum Gasteiger partial charge on any atom is -0.467 e. The quantitative estimate of drug-likeness (QED) is 0.254. The normalized spacial score (nSPS) is 12.5. The van der Waals surface area contributed by atoms with E-state index in [9.17, 15) is 14.8 Å². The number of ether oxygens (including phenoxy) is 1. The van der Waals surface area contributed by atoms with Gasteiger partial charge in [-0.3, -0.25) is 4.79 Å². The molecule has 28 heavy (non-hydrogen) atoms. The molecule has 3 aromatic rings. The smallest absolute Gasteiger partial charge is 0.328 e. The zero-order valence-electron chi connectivity index (χ0n) is 15.4. The van der Waals surface area contributed by atoms with Gasteiger partial charge in [-0.05, 0) is 17.2 Å². The molecule has 0 bridgehead atoms. The summed E-state index contributed by atoms with van der Waals surface area (Å²) in [6.07, 6.45) is 2.15. The van der Waals surface area contributed by atoms with Crippen molar-refractivity contribution in [3.05, 3.63) is 71.9 Å². The molecule has 1 heterocycles. The molecule has 7 heteroatoms. The van der Waals surface area contributed by atoms with Gasteiger partial charge in [0, 0.05) is 29.9 Å². The van der Waals surface area contributed by atoms with Crippen LogP contribution in [0.3, 0.4) is 0 Å². The largest absolute Gasteiger partial charge is 0.467 e. The van der Waals surface area contributed by atoms with Crippen LogP contribution in [0.25, 0.3) is 10.9 Å². The first-order valence-electron chi connectivity index (χ1n) is 8.81. The number of H-pyrrole nitrogens is 1. The van der Waals surface area contributed by atoms with Crippen LogP contribution in [0.4, 0.5) is 0 Å². The van der Waals surface area contributed by atoms with E-state index in [2.05, 4.69) is 15.5 Å². The maximum Gasteiger partial charge on any atom is 0.328 e. The summed E-state index contributed by atoms with van der Waals surface area (Å²) in [5, 5.41) is 16.1. The van der Waals surface area contributed by atoms with E-state index >= 15 is 0 Å². The summed E-state index contributed by atoms with van der Waals surface area (Å²) in [6, 6.07) is 16.0. The van der Waals surface area contributed by atoms with Crippen LogP contribution in [0.2, 0.25) is 0 Å². The summed E-state index contributed by atoms with van der Waals surface area (Å²) in [4.78, 5) is 27.9. The molecular weight excluding hydrogens is 358 g/mol. The lowest BCUT2D eigenvalue weighted by molar-refractivity contribution is -0.144. The van der Waals surface area contributed by atoms with Crippen molar-refractivity contribution in [1.29, 1.82) is 0 Å². The number of benzene rings is 2. The summed E-state index contributed by atoms with van der Waals surface area (Å²) >= 11 is 0. The molecule has 0 saturated carbocycles. The van der Waals surface area contributed by atoms with E-state index in [1.54, 1.807) is 6.20 Å². The number of carbonyl (C=O) groups is 2. The Hall–Kier alpha value is -3.61. The summed E-state index contributed by atoms with van der Waals surface area (Å²) in [6.45, 7) is 0. The second-order valence-corrected chi connectivity index (χ2v) is 6.32. The number of nitrogens with zero attached hydrogens (tertiary/aromatic N) is 1. The van der Waals surface area contributed by atoms with Crippen molar-refractivity contribution in [1.82, 2.24) is 10.3 Å². The number of esters is 1. The Kier molecular flexibility index (Phi) is 6.06. The third-order valence-electron chi connectivity index (χ3n) is 4.49. The van der Waals surface area contributed by atoms with Gasteiger partial charge >= 0.3 is 5.97 Å². The maximum atomic E-state index is 12.6. The number of hydrogen-bond acceptors (Lipinski definition) is 5. The van der Waals surface area contributed by atoms with Gasteiger partial charge in [0.25, 0.3) is 5.91 Å². The number of rotatable bonds is 7. The molecular formula is C21H21N3O4. The Morgan fingerprint density at radius 2 is 1.86 bits per heavy atom. The van der Waals surface area contributed by atoms with Gasteiger partial charge < -0.3 is 20.2 Å². The average molecular weight is 379 g/mol. The van der Waals surface area contributed by atoms with E-state index < -0.39 is 17.9 Å². The minimum absolute atomic E-state index is 0.0910. The van der Waals surface area contributed by atoms with Crippen molar-refractivity contribution in [3.63, 3.8) is 0 Å². The van der Waals surface area contributed by atoms with Crippen molar-refractivity contribution < 1.29 is 19.5 Å². The topological polar surface area (TPSA) is 104 Å². The number of fused-ring (bicyclic) bond motifs is 1. The fraction of sp³-hybridized carbons (Fsp3) is 0.190. The number of oxime groups is 1. The fourth-order valence-corrected chi connectivity index (χ4v) is 3.05. The lowest BCUT2D eigenvalue weighted by Crippen LogP contribution is -2.46. The fourth-order valence-electron chi connectivity index (χ4n) is 3.05. The van der Waals surface area contributed by atoms with Crippen molar-refractivity contribution >= 4 is 28.5 Å². The molecule has 0 aliphatic carbocycles. The molecule has 7 nitrogen and oxygen atoms in total. The van der Waals surface area contributed by atoms with Crippen molar-refractivity contribution in [2.45, 2.75) is 18.9 Å². The zero-order chi connectivity index (χ0) is 19.9. The van der Waals surface area contributed by atoms with Crippen LogP contribution in [0.5, 0.6) is 0 Å². The number of methoxy groups -OCH3 is 1. The van der Waals surface area contributed by atoms with Gasteiger partial charge in [0.2, 0.25) is 0 Å². The number of carbonyl (C=O) groups excluding carboxylic acids is 2. The molecule has 0 saturated heterocycles. The number of para-hydroxylation sites is 1. The molecule has 0 unspecified atom stereocenters. The first-order valence-corrected chi connectivity index (χ1v) is 8.81. The van der Waals surface area contributed by atoms with Crippen LogP contribution in [0.1, 0.15) is 11.1 Å². The molecule has 2 aromatic carbocycles. The standard InChI is InChI=1S/C21H21N3O4/c1-28-21(26)19(11-14-7-3-2-4-8-14)23-20(25)18(24-27)12-15-13-22-17-10-6-5-9-16(15)17/h2-10,13,19,22,27H,11-12H2,1H3,(H,23,25)/t19-/m0/s1. The van der Waals surface area contributed by atoms with Gasteiger partial charge in [-0.1, -0.05) is 53.7 Å². The monoisotopic (exact) mass is 379 g/mol. The molecule has 0 fully saturated rings. The second kappa shape index (κ2) is 8.85. The van der Waals surface area contributed by atoms with E-state index in [1.165, 1.54) is 7.11 Å². The van der Waals surface area contributed by atoms with E-state index in [-0.39, 0.29) is 18.6 Å². The minimum atomic E-state index is -0.889. The van der Waals surface area contributed by atoms with Gasteiger partial charge in [0.05, 0.1) is 7.11 Å². The number of nitrogens with one attached hydrogen (secondary N) is 2. The van der Waals surface area contributed by atoms with Gasteiger partial charge in [0.15, 0.2) is 0 Å². The van der Waals surface area contributed by atoms with Gasteiger partial charge in [-0.2, -0.15) is 0 Å². The molecule has 0 aliphatic heterocycles. The lowest BCUT2D eigenvalue weighted by atomic mass is 10.0. The molecule has 0 spiro atoms. The van der Waals surface area contributed by atoms with Crippen LogP contribution >= 0.6 is 0 Å². The Balaban J connectivity index is 1.74. The summed E-state index contributed by atoms with van der Waals surface area (Å²) < 4.78 is 4.80. The maximum absolute atomic E-state index is 12.6. The molecule has 144 valence electrons. The summed E-state index contributed by atoms with van der Waals surface area (Å²) in [5.41, 5.74) is 2.52. The zero-order valence-corrected chi connectivity index (χ0v) is 15.4. The third kappa shape index (κ3) is 4.37. The Bertz CT molecular complexity index is 995. The van der Waals surface area contributed by atoms with Crippen LogP contribution in [0.15, 0.2) is 65.9 Å². The summed E-state index contributed by atoms with van der Waals surface area (Å²) in [5.74, 6) is -1.19. The van der Waals surface area contributed by atoms with Gasteiger partial charge in [0.1, 0.15) is 11.8 Å². The number of hydrogen-bond donors (Lipinski definition) is 3. The third-order valence-corrected chi connectivity index (χ3v) is 4.49.